The predicted octanol–water partition coefficient (Wildman–Crippen LogP) is 3.98. The molecule has 116 valence electrons. The minimum Gasteiger partial charge on any atom is -0.633 e. The first-order chi connectivity index (χ1) is 10.1. The third kappa shape index (κ3) is 2.53. The molecule has 0 saturated heterocycles. The first-order valence-electron chi connectivity index (χ1n) is 8.68. The molecule has 2 heteroatoms. The van der Waals surface area contributed by atoms with Gasteiger partial charge in [-0.05, 0) is 24.3 Å². The van der Waals surface area contributed by atoms with E-state index in [1.165, 1.54) is 30.4 Å². The summed E-state index contributed by atoms with van der Waals surface area (Å²) in [5.74, 6) is 0.898. The second-order valence-corrected chi connectivity index (χ2v) is 7.66. The lowest BCUT2D eigenvalue weighted by Crippen LogP contribution is -3.17. The number of quaternary nitrogens is 1. The van der Waals surface area contributed by atoms with E-state index in [0.717, 1.165) is 19.3 Å². The minimum atomic E-state index is -0.0361. The van der Waals surface area contributed by atoms with E-state index in [0.29, 0.717) is 16.9 Å². The molecular formula is C19H29NO. The summed E-state index contributed by atoms with van der Waals surface area (Å²) >= 11 is 0. The van der Waals surface area contributed by atoms with Gasteiger partial charge >= 0.3 is 0 Å². The predicted molar refractivity (Wildman–Crippen MR) is 87.2 cm³/mol. The molecule has 1 fully saturated rings. The highest BCUT2D eigenvalue weighted by molar-refractivity contribution is 5.33. The Morgan fingerprint density at radius 1 is 1.10 bits per heavy atom. The fraction of sp³-hybridized carbons (Fsp3) is 0.684. The van der Waals surface area contributed by atoms with Crippen LogP contribution in [0.15, 0.2) is 24.3 Å². The molecule has 3 rings (SSSR count). The van der Waals surface area contributed by atoms with Gasteiger partial charge in [-0.25, -0.2) is 0 Å². The van der Waals surface area contributed by atoms with Crippen molar-refractivity contribution in [1.29, 1.82) is 0 Å². The first-order valence-corrected chi connectivity index (χ1v) is 8.68. The maximum Gasteiger partial charge on any atom is 0.116 e. The maximum atomic E-state index is 13.5. The van der Waals surface area contributed by atoms with Crippen LogP contribution in [-0.4, -0.2) is 5.54 Å². The number of nitrogens with one attached hydrogen (secondary N) is 1. The number of hydroxylamine groups is 2. The molecule has 1 saturated carbocycles. The maximum absolute atomic E-state index is 13.5. The molecule has 1 aliphatic heterocycles. The lowest BCUT2D eigenvalue weighted by Gasteiger charge is -2.50. The third-order valence-electron chi connectivity index (χ3n) is 5.84. The van der Waals surface area contributed by atoms with Gasteiger partial charge in [-0.15, -0.1) is 0 Å². The molecule has 1 heterocycles. The Kier molecular flexibility index (Phi) is 4.11. The van der Waals surface area contributed by atoms with Crippen LogP contribution >= 0.6 is 0 Å². The Hall–Kier alpha value is -0.860. The van der Waals surface area contributed by atoms with Crippen LogP contribution in [0.1, 0.15) is 82.4 Å². The van der Waals surface area contributed by atoms with Crippen molar-refractivity contribution in [2.24, 2.45) is 5.92 Å². The van der Waals surface area contributed by atoms with Crippen molar-refractivity contribution in [3.63, 3.8) is 0 Å². The van der Waals surface area contributed by atoms with Gasteiger partial charge < -0.3 is 10.3 Å². The van der Waals surface area contributed by atoms with Crippen LogP contribution in [0, 0.1) is 11.1 Å². The van der Waals surface area contributed by atoms with Crippen molar-refractivity contribution in [3.8, 4) is 0 Å². The van der Waals surface area contributed by atoms with Crippen LogP contribution < -0.4 is 5.06 Å². The molecule has 1 aromatic carbocycles. The normalized spacial score (nSPS) is 32.0. The van der Waals surface area contributed by atoms with Crippen molar-refractivity contribution < 1.29 is 5.06 Å². The van der Waals surface area contributed by atoms with Gasteiger partial charge in [0.25, 0.3) is 0 Å². The lowest BCUT2D eigenvalue weighted by molar-refractivity contribution is -0.942. The largest absolute Gasteiger partial charge is 0.633 e. The first kappa shape index (κ1) is 15.1. The zero-order valence-electron chi connectivity index (χ0n) is 13.7. The molecule has 1 aliphatic carbocycles. The number of rotatable bonds is 1. The van der Waals surface area contributed by atoms with Crippen LogP contribution in [0.2, 0.25) is 0 Å². The van der Waals surface area contributed by atoms with E-state index >= 15 is 0 Å². The summed E-state index contributed by atoms with van der Waals surface area (Å²) in [6.45, 7) is 6.75. The monoisotopic (exact) mass is 287 g/mol. The summed E-state index contributed by atoms with van der Waals surface area (Å²) in [5, 5.41) is 14.0. The topological polar surface area (TPSA) is 27.5 Å². The van der Waals surface area contributed by atoms with E-state index < -0.39 is 0 Å². The van der Waals surface area contributed by atoms with Crippen LogP contribution in [0.3, 0.4) is 0 Å². The molecule has 3 atom stereocenters. The molecule has 2 nitrogen and oxygen atoms in total. The highest BCUT2D eigenvalue weighted by atomic mass is 16.5. The summed E-state index contributed by atoms with van der Waals surface area (Å²) in [5.41, 5.74) is 2.70. The van der Waals surface area contributed by atoms with Gasteiger partial charge in [0.05, 0.1) is 5.54 Å². The van der Waals surface area contributed by atoms with Crippen molar-refractivity contribution >= 4 is 0 Å². The van der Waals surface area contributed by atoms with Crippen molar-refractivity contribution in [3.05, 3.63) is 40.6 Å². The molecular weight excluding hydrogens is 258 g/mol. The van der Waals surface area contributed by atoms with Crippen molar-refractivity contribution in [2.45, 2.75) is 76.8 Å². The molecule has 0 amide bonds. The van der Waals surface area contributed by atoms with Gasteiger partial charge in [0, 0.05) is 30.7 Å². The Balaban J connectivity index is 2.08. The third-order valence-corrected chi connectivity index (χ3v) is 5.84. The van der Waals surface area contributed by atoms with Crippen LogP contribution in [0.4, 0.5) is 0 Å². The quantitative estimate of drug-likeness (QED) is 0.777. The average molecular weight is 287 g/mol. The van der Waals surface area contributed by atoms with Gasteiger partial charge in [0.1, 0.15) is 6.04 Å². The Bertz CT molecular complexity index is 490. The summed E-state index contributed by atoms with van der Waals surface area (Å²) in [6, 6.07) is 8.80. The van der Waals surface area contributed by atoms with E-state index in [-0.39, 0.29) is 11.6 Å². The van der Waals surface area contributed by atoms with Crippen molar-refractivity contribution in [1.82, 2.24) is 0 Å². The molecule has 1 spiro atoms. The number of hydrogen-bond donors (Lipinski definition) is 1. The Morgan fingerprint density at radius 3 is 2.33 bits per heavy atom. The summed E-state index contributed by atoms with van der Waals surface area (Å²) in [6.07, 6.45) is 7.08. The van der Waals surface area contributed by atoms with Crippen LogP contribution in [0.5, 0.6) is 0 Å². The highest BCUT2D eigenvalue weighted by Gasteiger charge is 2.46. The van der Waals surface area contributed by atoms with Gasteiger partial charge in [-0.1, -0.05) is 51.5 Å². The standard InChI is InChI=1S/C19H29NO/c1-14(2)18-17-10-6-5-9-16(17)15(3)13-19(20(18)21)11-7-4-8-12-19/h5-6,9-10,14-15,18,20H,4,7-8,11-13H2,1-3H3. The Morgan fingerprint density at radius 2 is 1.71 bits per heavy atom. The fourth-order valence-electron chi connectivity index (χ4n) is 4.85. The van der Waals surface area contributed by atoms with Gasteiger partial charge in [-0.2, -0.15) is 0 Å². The summed E-state index contributed by atoms with van der Waals surface area (Å²) in [7, 11) is 0. The molecule has 0 aromatic heterocycles. The molecule has 1 aromatic rings. The molecule has 3 unspecified atom stereocenters. The zero-order valence-corrected chi connectivity index (χ0v) is 13.7. The van der Waals surface area contributed by atoms with E-state index in [4.69, 9.17) is 0 Å². The molecule has 0 radical (unpaired) electrons. The highest BCUT2D eigenvalue weighted by Crippen LogP contribution is 2.41. The number of benzene rings is 1. The van der Waals surface area contributed by atoms with Crippen LogP contribution in [-0.2, 0) is 0 Å². The van der Waals surface area contributed by atoms with Gasteiger partial charge in [0.15, 0.2) is 0 Å². The smallest absolute Gasteiger partial charge is 0.116 e. The molecule has 0 bridgehead atoms. The molecule has 2 aliphatic rings. The minimum absolute atomic E-state index is 0.0361. The van der Waals surface area contributed by atoms with E-state index in [1.54, 1.807) is 0 Å². The SMILES string of the molecule is CC1CC2(CCCCC2)[NH+]([O-])C(C(C)C)c2ccccc21. The number of hydrogen-bond acceptors (Lipinski definition) is 1. The summed E-state index contributed by atoms with van der Waals surface area (Å²) in [4.78, 5) is 0. The summed E-state index contributed by atoms with van der Waals surface area (Å²) < 4.78 is 0. The Labute approximate surface area is 129 Å². The lowest BCUT2D eigenvalue weighted by atomic mass is 9.75. The van der Waals surface area contributed by atoms with E-state index in [9.17, 15) is 5.21 Å². The number of fused-ring (bicyclic) bond motifs is 1. The van der Waals surface area contributed by atoms with E-state index in [2.05, 4.69) is 45.0 Å². The van der Waals surface area contributed by atoms with Crippen LogP contribution in [0.25, 0.3) is 0 Å². The van der Waals surface area contributed by atoms with E-state index in [1.807, 2.05) is 0 Å². The second kappa shape index (κ2) is 5.73. The average Bonchev–Trinajstić information content (AvgIpc) is 2.55. The zero-order chi connectivity index (χ0) is 15.0. The molecule has 21 heavy (non-hydrogen) atoms. The molecule has 1 N–H and O–H groups in total. The van der Waals surface area contributed by atoms with Gasteiger partial charge in [-0.3, -0.25) is 0 Å². The van der Waals surface area contributed by atoms with Gasteiger partial charge in [0.2, 0.25) is 0 Å². The van der Waals surface area contributed by atoms with Crippen molar-refractivity contribution in [2.75, 3.05) is 0 Å². The second-order valence-electron chi connectivity index (χ2n) is 7.66. The fourth-order valence-corrected chi connectivity index (χ4v) is 4.85.